The second-order valence-electron chi connectivity index (χ2n) is 7.96. The first kappa shape index (κ1) is 19.8. The Morgan fingerprint density at radius 3 is 2.38 bits per heavy atom. The number of likely N-dealkylation sites (N-methyl/N-ethyl adjacent to an activating group) is 1. The van der Waals surface area contributed by atoms with Gasteiger partial charge < -0.3 is 4.90 Å². The second kappa shape index (κ2) is 7.97. The van der Waals surface area contributed by atoms with E-state index in [-0.39, 0.29) is 5.41 Å². The topological polar surface area (TPSA) is 43.9 Å². The van der Waals surface area contributed by atoms with Crippen LogP contribution in [0.15, 0.2) is 30.3 Å². The fourth-order valence-corrected chi connectivity index (χ4v) is 5.97. The Kier molecular flexibility index (Phi) is 6.07. The summed E-state index contributed by atoms with van der Waals surface area (Å²) < 4.78 is 28.4. The Morgan fingerprint density at radius 1 is 1.15 bits per heavy atom. The van der Waals surface area contributed by atoms with Gasteiger partial charge in [-0.15, -0.1) is 0 Å². The third-order valence-electron chi connectivity index (χ3n) is 6.38. The van der Waals surface area contributed by atoms with Gasteiger partial charge >= 0.3 is 0 Å². The summed E-state index contributed by atoms with van der Waals surface area (Å²) in [6.07, 6.45) is 3.10. The Labute approximate surface area is 159 Å². The molecule has 2 aliphatic rings. The van der Waals surface area contributed by atoms with E-state index in [0.717, 1.165) is 32.5 Å². The van der Waals surface area contributed by atoms with Crippen molar-refractivity contribution in [3.8, 4) is 0 Å². The number of hydrogen-bond donors (Lipinski definition) is 0. The molecule has 5 nitrogen and oxygen atoms in total. The highest BCUT2D eigenvalue weighted by Gasteiger charge is 2.44. The van der Waals surface area contributed by atoms with Crippen LogP contribution in [0.25, 0.3) is 0 Å². The van der Waals surface area contributed by atoms with Crippen LogP contribution < -0.4 is 0 Å². The third kappa shape index (κ3) is 3.98. The maximum absolute atomic E-state index is 12.6. The number of hydrogen-bond acceptors (Lipinski definition) is 3. The zero-order valence-corrected chi connectivity index (χ0v) is 17.2. The van der Waals surface area contributed by atoms with Gasteiger partial charge in [-0.1, -0.05) is 44.2 Å². The van der Waals surface area contributed by atoms with E-state index >= 15 is 0 Å². The van der Waals surface area contributed by atoms with Crippen molar-refractivity contribution < 1.29 is 8.42 Å². The van der Waals surface area contributed by atoms with E-state index in [0.29, 0.717) is 25.6 Å². The van der Waals surface area contributed by atoms with Crippen LogP contribution in [-0.4, -0.2) is 68.2 Å². The fraction of sp³-hybridized carbons (Fsp3) is 0.700. The van der Waals surface area contributed by atoms with Gasteiger partial charge in [-0.25, -0.2) is 0 Å². The monoisotopic (exact) mass is 379 g/mol. The lowest BCUT2D eigenvalue weighted by Crippen LogP contribution is -2.54. The summed E-state index contributed by atoms with van der Waals surface area (Å²) in [4.78, 5) is 2.56. The predicted octanol–water partition coefficient (Wildman–Crippen LogP) is 2.77. The lowest BCUT2D eigenvalue weighted by Gasteiger charge is -2.50. The molecule has 0 aliphatic carbocycles. The zero-order valence-electron chi connectivity index (χ0n) is 16.4. The molecule has 26 heavy (non-hydrogen) atoms. The molecule has 2 heterocycles. The highest BCUT2D eigenvalue weighted by atomic mass is 32.2. The lowest BCUT2D eigenvalue weighted by molar-refractivity contribution is 0.0328. The van der Waals surface area contributed by atoms with Crippen molar-refractivity contribution in [2.45, 2.75) is 39.0 Å². The smallest absolute Gasteiger partial charge is 0.281 e. The Morgan fingerprint density at radius 2 is 1.81 bits per heavy atom. The van der Waals surface area contributed by atoms with Crippen LogP contribution in [0, 0.1) is 5.41 Å². The Balaban J connectivity index is 1.74. The van der Waals surface area contributed by atoms with Crippen molar-refractivity contribution in [3.05, 3.63) is 35.9 Å². The van der Waals surface area contributed by atoms with Crippen LogP contribution in [0.1, 0.15) is 44.6 Å². The Bertz CT molecular complexity index is 684. The number of likely N-dealkylation sites (tertiary alicyclic amines) is 1. The van der Waals surface area contributed by atoms with Crippen LogP contribution >= 0.6 is 0 Å². The average molecular weight is 380 g/mol. The van der Waals surface area contributed by atoms with Gasteiger partial charge in [0, 0.05) is 39.8 Å². The number of benzene rings is 1. The second-order valence-corrected chi connectivity index (χ2v) is 10.00. The summed E-state index contributed by atoms with van der Waals surface area (Å²) in [6.45, 7) is 9.20. The fourth-order valence-electron chi connectivity index (χ4n) is 4.61. The molecule has 0 bridgehead atoms. The zero-order chi connectivity index (χ0) is 18.8. The third-order valence-corrected chi connectivity index (χ3v) is 8.45. The molecule has 3 rings (SSSR count). The number of piperidine rings is 2. The van der Waals surface area contributed by atoms with Gasteiger partial charge in [0.25, 0.3) is 10.2 Å². The summed E-state index contributed by atoms with van der Waals surface area (Å²) in [6, 6.07) is 10.8. The predicted molar refractivity (Wildman–Crippen MR) is 106 cm³/mol. The molecule has 2 saturated heterocycles. The van der Waals surface area contributed by atoms with Crippen molar-refractivity contribution in [2.24, 2.45) is 5.41 Å². The quantitative estimate of drug-likeness (QED) is 0.790. The minimum Gasteiger partial charge on any atom is -0.302 e. The number of nitrogens with zero attached hydrogens (tertiary/aromatic N) is 3. The largest absolute Gasteiger partial charge is 0.302 e. The highest BCUT2D eigenvalue weighted by molar-refractivity contribution is 7.86. The van der Waals surface area contributed by atoms with Gasteiger partial charge in [-0.05, 0) is 42.7 Å². The standard InChI is InChI=1S/C20H33N3O2S/c1-4-21(3)26(24,25)23-13-11-20(12-14-23)15-19(16-22(5-2)17-20)18-9-7-6-8-10-18/h6-10,19H,4-5,11-17H2,1-3H3/t19-/m1/s1. The van der Waals surface area contributed by atoms with Gasteiger partial charge in [0.1, 0.15) is 0 Å². The van der Waals surface area contributed by atoms with Gasteiger partial charge in [0.2, 0.25) is 0 Å². The molecule has 1 aromatic carbocycles. The van der Waals surface area contributed by atoms with E-state index in [4.69, 9.17) is 0 Å². The normalized spacial score (nSPS) is 25.0. The lowest BCUT2D eigenvalue weighted by atomic mass is 9.68. The highest BCUT2D eigenvalue weighted by Crippen LogP contribution is 2.45. The van der Waals surface area contributed by atoms with Crippen molar-refractivity contribution in [1.29, 1.82) is 0 Å². The van der Waals surface area contributed by atoms with E-state index in [1.807, 2.05) is 6.92 Å². The molecule has 1 spiro atoms. The first-order valence-electron chi connectivity index (χ1n) is 9.89. The molecule has 146 valence electrons. The van der Waals surface area contributed by atoms with Crippen molar-refractivity contribution in [1.82, 2.24) is 13.5 Å². The molecule has 0 N–H and O–H groups in total. The molecule has 0 amide bonds. The maximum Gasteiger partial charge on any atom is 0.281 e. The van der Waals surface area contributed by atoms with E-state index < -0.39 is 10.2 Å². The van der Waals surface area contributed by atoms with E-state index in [1.54, 1.807) is 11.4 Å². The molecular formula is C20H33N3O2S. The molecule has 0 saturated carbocycles. The van der Waals surface area contributed by atoms with Gasteiger partial charge in [-0.2, -0.15) is 17.0 Å². The molecule has 1 aromatic rings. The molecule has 1 atom stereocenters. The van der Waals surface area contributed by atoms with Crippen LogP contribution in [0.4, 0.5) is 0 Å². The first-order valence-corrected chi connectivity index (χ1v) is 11.3. The molecule has 0 unspecified atom stereocenters. The van der Waals surface area contributed by atoms with Crippen molar-refractivity contribution >= 4 is 10.2 Å². The van der Waals surface area contributed by atoms with Gasteiger partial charge in [0.15, 0.2) is 0 Å². The molecular weight excluding hydrogens is 346 g/mol. The minimum atomic E-state index is -3.30. The van der Waals surface area contributed by atoms with E-state index in [9.17, 15) is 8.42 Å². The molecule has 2 aliphatic heterocycles. The van der Waals surface area contributed by atoms with E-state index in [2.05, 4.69) is 42.2 Å². The summed E-state index contributed by atoms with van der Waals surface area (Å²) in [5.74, 6) is 0.548. The summed E-state index contributed by atoms with van der Waals surface area (Å²) in [5, 5.41) is 0. The number of rotatable bonds is 5. The summed E-state index contributed by atoms with van der Waals surface area (Å²) in [5.41, 5.74) is 1.66. The van der Waals surface area contributed by atoms with Gasteiger partial charge in [0.05, 0.1) is 0 Å². The average Bonchev–Trinajstić information content (AvgIpc) is 2.67. The van der Waals surface area contributed by atoms with Crippen LogP contribution in [0.5, 0.6) is 0 Å². The maximum atomic E-state index is 12.6. The van der Waals surface area contributed by atoms with E-state index in [1.165, 1.54) is 16.3 Å². The van der Waals surface area contributed by atoms with Crippen LogP contribution in [-0.2, 0) is 10.2 Å². The van der Waals surface area contributed by atoms with Crippen molar-refractivity contribution in [2.75, 3.05) is 46.3 Å². The van der Waals surface area contributed by atoms with Crippen LogP contribution in [0.3, 0.4) is 0 Å². The molecule has 2 fully saturated rings. The summed E-state index contributed by atoms with van der Waals surface area (Å²) in [7, 11) is -1.63. The van der Waals surface area contributed by atoms with Crippen molar-refractivity contribution in [3.63, 3.8) is 0 Å². The SMILES string of the molecule is CCN1C[C@H](c2ccccc2)CC2(CCN(S(=O)(=O)N(C)CC)CC2)C1. The Hall–Kier alpha value is -0.950. The van der Waals surface area contributed by atoms with Crippen LogP contribution in [0.2, 0.25) is 0 Å². The minimum absolute atomic E-state index is 0.242. The summed E-state index contributed by atoms with van der Waals surface area (Å²) >= 11 is 0. The molecule has 0 radical (unpaired) electrons. The molecule has 6 heteroatoms. The van der Waals surface area contributed by atoms with Gasteiger partial charge in [-0.3, -0.25) is 0 Å². The molecule has 0 aromatic heterocycles. The first-order chi connectivity index (χ1) is 12.4.